The van der Waals surface area contributed by atoms with Gasteiger partial charge >= 0.3 is 0 Å². The summed E-state index contributed by atoms with van der Waals surface area (Å²) in [7, 11) is 1.63. The van der Waals surface area contributed by atoms with Gasteiger partial charge in [0.15, 0.2) is 11.0 Å². The molecule has 0 spiro atoms. The molecule has 1 aliphatic carbocycles. The SMILES string of the molecule is COc1ccc(-n2c(SC(C)c3nc(C)no3)nc3sc4c(c3c2=O)CCCC4)cc1. The third kappa shape index (κ3) is 3.65. The van der Waals surface area contributed by atoms with E-state index in [1.54, 1.807) is 29.9 Å². The Labute approximate surface area is 187 Å². The van der Waals surface area contributed by atoms with Crippen LogP contribution in [0.25, 0.3) is 15.9 Å². The molecule has 0 saturated carbocycles. The Hall–Kier alpha value is -2.65. The van der Waals surface area contributed by atoms with Gasteiger partial charge in [0.25, 0.3) is 5.56 Å². The molecule has 4 aromatic rings. The molecule has 3 heterocycles. The van der Waals surface area contributed by atoms with Crippen LogP contribution in [-0.2, 0) is 12.8 Å². The quantitative estimate of drug-likeness (QED) is 0.314. The van der Waals surface area contributed by atoms with Crippen LogP contribution in [0.1, 0.15) is 47.2 Å². The summed E-state index contributed by atoms with van der Waals surface area (Å²) >= 11 is 3.10. The molecule has 0 amide bonds. The summed E-state index contributed by atoms with van der Waals surface area (Å²) in [6.07, 6.45) is 4.25. The maximum atomic E-state index is 13.8. The van der Waals surface area contributed by atoms with Crippen molar-refractivity contribution in [1.29, 1.82) is 0 Å². The van der Waals surface area contributed by atoms with E-state index in [1.807, 2.05) is 31.2 Å². The van der Waals surface area contributed by atoms with Crippen molar-refractivity contribution in [3.8, 4) is 11.4 Å². The molecule has 1 aromatic carbocycles. The Bertz CT molecular complexity index is 1310. The van der Waals surface area contributed by atoms with Crippen molar-refractivity contribution in [2.75, 3.05) is 7.11 Å². The number of nitrogens with zero attached hydrogens (tertiary/aromatic N) is 4. The van der Waals surface area contributed by atoms with Gasteiger partial charge in [0.1, 0.15) is 10.6 Å². The van der Waals surface area contributed by atoms with Crippen LogP contribution in [0, 0.1) is 6.92 Å². The third-order valence-corrected chi connectivity index (χ3v) is 7.69. The number of aryl methyl sites for hydroxylation is 3. The standard InChI is InChI=1S/C22H22N4O3S2/c1-12(19-23-13(2)25-29-19)30-22-24-20-18(16-6-4-5-7-17(16)31-20)21(27)26(22)14-8-10-15(28-3)11-9-14/h8-12H,4-7H2,1-3H3. The first kappa shape index (κ1) is 20.3. The summed E-state index contributed by atoms with van der Waals surface area (Å²) in [4.78, 5) is 25.2. The van der Waals surface area contributed by atoms with Crippen LogP contribution >= 0.6 is 23.1 Å². The lowest BCUT2D eigenvalue weighted by atomic mass is 9.97. The number of fused-ring (bicyclic) bond motifs is 3. The number of hydrogen-bond acceptors (Lipinski definition) is 8. The van der Waals surface area contributed by atoms with Crippen LogP contribution in [0.5, 0.6) is 5.75 Å². The lowest BCUT2D eigenvalue weighted by Gasteiger charge is -2.15. The normalized spacial score (nSPS) is 14.5. The summed E-state index contributed by atoms with van der Waals surface area (Å²) in [5, 5.41) is 5.12. The van der Waals surface area contributed by atoms with E-state index in [1.165, 1.54) is 28.6 Å². The molecule has 5 rings (SSSR count). The molecular formula is C22H22N4O3S2. The average Bonchev–Trinajstić information content (AvgIpc) is 3.37. The van der Waals surface area contributed by atoms with Gasteiger partial charge in [-0.3, -0.25) is 9.36 Å². The van der Waals surface area contributed by atoms with Crippen LogP contribution < -0.4 is 10.3 Å². The highest BCUT2D eigenvalue weighted by atomic mass is 32.2. The summed E-state index contributed by atoms with van der Waals surface area (Å²) < 4.78 is 12.3. The molecule has 1 atom stereocenters. The second kappa shape index (κ2) is 8.12. The van der Waals surface area contributed by atoms with Crippen LogP contribution in [-0.4, -0.2) is 26.8 Å². The van der Waals surface area contributed by atoms with Gasteiger partial charge in [0, 0.05) is 4.88 Å². The summed E-state index contributed by atoms with van der Waals surface area (Å²) in [6, 6.07) is 7.48. The summed E-state index contributed by atoms with van der Waals surface area (Å²) in [5.41, 5.74) is 1.92. The molecular weight excluding hydrogens is 432 g/mol. The van der Waals surface area contributed by atoms with Gasteiger partial charge in [-0.05, 0) is 69.4 Å². The predicted octanol–water partition coefficient (Wildman–Crippen LogP) is 4.88. The highest BCUT2D eigenvalue weighted by Crippen LogP contribution is 2.38. The zero-order chi connectivity index (χ0) is 21.5. The molecule has 7 nitrogen and oxygen atoms in total. The number of thiophene rings is 1. The van der Waals surface area contributed by atoms with E-state index in [0.29, 0.717) is 16.9 Å². The zero-order valence-corrected chi connectivity index (χ0v) is 19.2. The van der Waals surface area contributed by atoms with Crippen molar-refractivity contribution in [2.45, 2.75) is 49.9 Å². The molecule has 1 aliphatic rings. The molecule has 0 fully saturated rings. The van der Waals surface area contributed by atoms with Gasteiger partial charge in [-0.2, -0.15) is 4.98 Å². The Balaban J connectivity index is 1.69. The number of thioether (sulfide) groups is 1. The van der Waals surface area contributed by atoms with Crippen LogP contribution in [0.2, 0.25) is 0 Å². The number of aromatic nitrogens is 4. The number of methoxy groups -OCH3 is 1. The number of rotatable bonds is 5. The fourth-order valence-electron chi connectivity index (χ4n) is 3.91. The molecule has 0 aliphatic heterocycles. The monoisotopic (exact) mass is 454 g/mol. The molecule has 1 unspecified atom stereocenters. The van der Waals surface area contributed by atoms with Crippen molar-refractivity contribution in [3.63, 3.8) is 0 Å². The van der Waals surface area contributed by atoms with E-state index in [2.05, 4.69) is 10.1 Å². The van der Waals surface area contributed by atoms with Crippen molar-refractivity contribution < 1.29 is 9.26 Å². The fourth-order valence-corrected chi connectivity index (χ4v) is 6.17. The zero-order valence-electron chi connectivity index (χ0n) is 17.5. The van der Waals surface area contributed by atoms with Crippen LogP contribution in [0.15, 0.2) is 38.7 Å². The lowest BCUT2D eigenvalue weighted by Crippen LogP contribution is -2.22. The first-order chi connectivity index (χ1) is 15.0. The Morgan fingerprint density at radius 2 is 1.97 bits per heavy atom. The highest BCUT2D eigenvalue weighted by Gasteiger charge is 2.25. The Morgan fingerprint density at radius 1 is 1.19 bits per heavy atom. The van der Waals surface area contributed by atoms with E-state index in [4.69, 9.17) is 14.2 Å². The van der Waals surface area contributed by atoms with Gasteiger partial charge in [-0.1, -0.05) is 16.9 Å². The lowest BCUT2D eigenvalue weighted by molar-refractivity contribution is 0.376. The average molecular weight is 455 g/mol. The van der Waals surface area contributed by atoms with Crippen molar-refractivity contribution in [3.05, 3.63) is 56.8 Å². The Kier molecular flexibility index (Phi) is 5.31. The smallest absolute Gasteiger partial charge is 0.267 e. The van der Waals surface area contributed by atoms with E-state index < -0.39 is 0 Å². The topological polar surface area (TPSA) is 83.0 Å². The van der Waals surface area contributed by atoms with E-state index >= 15 is 0 Å². The summed E-state index contributed by atoms with van der Waals surface area (Å²) in [6.45, 7) is 3.77. The predicted molar refractivity (Wildman–Crippen MR) is 122 cm³/mol. The van der Waals surface area contributed by atoms with Gasteiger partial charge < -0.3 is 9.26 Å². The minimum atomic E-state index is -0.148. The van der Waals surface area contributed by atoms with Crippen LogP contribution in [0.3, 0.4) is 0 Å². The fraction of sp³-hybridized carbons (Fsp3) is 0.364. The van der Waals surface area contributed by atoms with Crippen molar-refractivity contribution in [2.24, 2.45) is 0 Å². The number of benzene rings is 1. The molecule has 0 bridgehead atoms. The number of hydrogen-bond donors (Lipinski definition) is 0. The highest BCUT2D eigenvalue weighted by molar-refractivity contribution is 7.99. The first-order valence-corrected chi connectivity index (χ1v) is 11.9. The van der Waals surface area contributed by atoms with Gasteiger partial charge in [0.05, 0.1) is 23.4 Å². The minimum Gasteiger partial charge on any atom is -0.497 e. The minimum absolute atomic E-state index is 0.0222. The molecule has 31 heavy (non-hydrogen) atoms. The Morgan fingerprint density at radius 3 is 2.68 bits per heavy atom. The summed E-state index contributed by atoms with van der Waals surface area (Å²) in [5.74, 6) is 1.84. The van der Waals surface area contributed by atoms with Gasteiger partial charge in [-0.15, -0.1) is 11.3 Å². The third-order valence-electron chi connectivity index (χ3n) is 5.46. The van der Waals surface area contributed by atoms with E-state index in [0.717, 1.165) is 40.9 Å². The van der Waals surface area contributed by atoms with E-state index in [-0.39, 0.29) is 10.8 Å². The van der Waals surface area contributed by atoms with Gasteiger partial charge in [0.2, 0.25) is 5.89 Å². The van der Waals surface area contributed by atoms with Crippen molar-refractivity contribution >= 4 is 33.3 Å². The largest absolute Gasteiger partial charge is 0.497 e. The molecule has 160 valence electrons. The van der Waals surface area contributed by atoms with Crippen molar-refractivity contribution in [1.82, 2.24) is 19.7 Å². The van der Waals surface area contributed by atoms with Gasteiger partial charge in [-0.25, -0.2) is 4.98 Å². The molecule has 3 aromatic heterocycles. The molecule has 0 N–H and O–H groups in total. The van der Waals surface area contributed by atoms with Crippen LogP contribution in [0.4, 0.5) is 0 Å². The molecule has 9 heteroatoms. The maximum Gasteiger partial charge on any atom is 0.267 e. The molecule has 0 saturated heterocycles. The second-order valence-corrected chi connectivity index (χ2v) is 9.96. The first-order valence-electron chi connectivity index (χ1n) is 10.2. The second-order valence-electron chi connectivity index (χ2n) is 7.56. The maximum absolute atomic E-state index is 13.8. The van der Waals surface area contributed by atoms with E-state index in [9.17, 15) is 4.79 Å². The number of ether oxygens (including phenoxy) is 1. The molecule has 0 radical (unpaired) electrons.